The summed E-state index contributed by atoms with van der Waals surface area (Å²) in [6.45, 7) is 1.38. The lowest BCUT2D eigenvalue weighted by molar-refractivity contribution is 0.0697. The summed E-state index contributed by atoms with van der Waals surface area (Å²) in [5.74, 6) is -1.00. The van der Waals surface area contributed by atoms with Gasteiger partial charge in [0.25, 0.3) is 0 Å². The molecule has 130 valence electrons. The third-order valence-corrected chi connectivity index (χ3v) is 4.69. The van der Waals surface area contributed by atoms with E-state index in [1.807, 2.05) is 18.2 Å². The molecule has 2 aromatic rings. The van der Waals surface area contributed by atoms with Gasteiger partial charge in [0.15, 0.2) is 0 Å². The fourth-order valence-electron chi connectivity index (χ4n) is 3.24. The molecule has 3 N–H and O–H groups in total. The Morgan fingerprint density at radius 2 is 2.32 bits per heavy atom. The minimum atomic E-state index is -1.00. The van der Waals surface area contributed by atoms with Gasteiger partial charge < -0.3 is 20.2 Å². The molecule has 1 aromatic carbocycles. The van der Waals surface area contributed by atoms with Crippen LogP contribution in [0.25, 0.3) is 0 Å². The van der Waals surface area contributed by atoms with E-state index in [4.69, 9.17) is 16.3 Å². The van der Waals surface area contributed by atoms with Crippen molar-refractivity contribution in [1.82, 2.24) is 10.4 Å². The number of aromatic carboxylic acids is 1. The number of carboxylic acid groups (broad SMARTS) is 1. The summed E-state index contributed by atoms with van der Waals surface area (Å²) in [5.41, 5.74) is 5.99. The molecule has 2 aliphatic heterocycles. The van der Waals surface area contributed by atoms with Gasteiger partial charge in [-0.3, -0.25) is 4.98 Å². The molecule has 0 spiro atoms. The number of aromatic nitrogens is 1. The molecular weight excluding hydrogens is 344 g/mol. The Kier molecular flexibility index (Phi) is 4.20. The number of ether oxygens (including phenoxy) is 1. The largest absolute Gasteiger partial charge is 0.478 e. The number of anilines is 2. The Bertz CT molecular complexity index is 810. The molecule has 0 aliphatic carbocycles. The van der Waals surface area contributed by atoms with Crippen molar-refractivity contribution in [2.24, 2.45) is 0 Å². The highest BCUT2D eigenvalue weighted by Gasteiger charge is 2.35. The van der Waals surface area contributed by atoms with Gasteiger partial charge in [0.2, 0.25) is 0 Å². The Balaban J connectivity index is 1.67. The summed E-state index contributed by atoms with van der Waals surface area (Å²) >= 11 is 6.18. The van der Waals surface area contributed by atoms with Crippen LogP contribution in [0.15, 0.2) is 36.7 Å². The van der Waals surface area contributed by atoms with Gasteiger partial charge in [-0.05, 0) is 30.7 Å². The van der Waals surface area contributed by atoms with Crippen molar-refractivity contribution in [2.45, 2.75) is 18.6 Å². The second-order valence-corrected chi connectivity index (χ2v) is 6.46. The van der Waals surface area contributed by atoms with Gasteiger partial charge in [0.1, 0.15) is 6.17 Å². The number of carbonyl (C=O) groups is 1. The summed E-state index contributed by atoms with van der Waals surface area (Å²) in [7, 11) is 0. The number of halogens is 1. The van der Waals surface area contributed by atoms with Crippen molar-refractivity contribution in [2.75, 3.05) is 23.5 Å². The number of nitrogens with zero attached hydrogens (tertiary/aromatic N) is 2. The first-order valence-electron chi connectivity index (χ1n) is 8.00. The molecule has 2 unspecified atom stereocenters. The highest BCUT2D eigenvalue weighted by Crippen LogP contribution is 2.37. The van der Waals surface area contributed by atoms with Gasteiger partial charge in [-0.1, -0.05) is 11.6 Å². The number of pyridine rings is 1. The van der Waals surface area contributed by atoms with Gasteiger partial charge in [0.05, 0.1) is 35.8 Å². The first kappa shape index (κ1) is 16.1. The smallest absolute Gasteiger partial charge is 0.337 e. The van der Waals surface area contributed by atoms with Crippen LogP contribution in [0.1, 0.15) is 28.5 Å². The summed E-state index contributed by atoms with van der Waals surface area (Å²) in [4.78, 5) is 15.5. The molecule has 0 radical (unpaired) electrons. The average Bonchev–Trinajstić information content (AvgIpc) is 3.23. The topological polar surface area (TPSA) is 86.7 Å². The number of hydrogen-bond acceptors (Lipinski definition) is 6. The molecule has 0 bridgehead atoms. The van der Waals surface area contributed by atoms with E-state index >= 15 is 0 Å². The Labute approximate surface area is 149 Å². The van der Waals surface area contributed by atoms with Crippen LogP contribution in [0.3, 0.4) is 0 Å². The molecule has 1 saturated heterocycles. The number of hydrazine groups is 1. The Morgan fingerprint density at radius 1 is 1.44 bits per heavy atom. The van der Waals surface area contributed by atoms with E-state index in [1.165, 1.54) is 18.5 Å². The number of rotatable bonds is 4. The zero-order valence-electron chi connectivity index (χ0n) is 13.3. The molecule has 2 aliphatic rings. The summed E-state index contributed by atoms with van der Waals surface area (Å²) in [5, 5.41) is 15.3. The quantitative estimate of drug-likeness (QED) is 0.772. The van der Waals surface area contributed by atoms with Gasteiger partial charge >= 0.3 is 5.97 Å². The zero-order chi connectivity index (χ0) is 17.4. The molecule has 25 heavy (non-hydrogen) atoms. The molecular formula is C17H17ClN4O3. The summed E-state index contributed by atoms with van der Waals surface area (Å²) < 4.78 is 5.50. The highest BCUT2D eigenvalue weighted by atomic mass is 35.5. The highest BCUT2D eigenvalue weighted by molar-refractivity contribution is 6.30. The number of carboxylic acids is 1. The minimum Gasteiger partial charge on any atom is -0.478 e. The molecule has 4 rings (SSSR count). The van der Waals surface area contributed by atoms with Crippen molar-refractivity contribution < 1.29 is 14.6 Å². The van der Waals surface area contributed by atoms with E-state index in [-0.39, 0.29) is 17.8 Å². The number of hydrogen-bond donors (Lipinski definition) is 3. The normalized spacial score (nSPS) is 22.0. The van der Waals surface area contributed by atoms with Gasteiger partial charge in [-0.2, -0.15) is 0 Å². The Morgan fingerprint density at radius 3 is 3.08 bits per heavy atom. The van der Waals surface area contributed by atoms with Gasteiger partial charge in [0, 0.05) is 23.4 Å². The van der Waals surface area contributed by atoms with Crippen LogP contribution in [-0.4, -0.2) is 35.3 Å². The molecule has 0 amide bonds. The fourth-order valence-corrected chi connectivity index (χ4v) is 3.42. The van der Waals surface area contributed by atoms with Crippen molar-refractivity contribution in [3.63, 3.8) is 0 Å². The van der Waals surface area contributed by atoms with Crippen molar-refractivity contribution in [3.8, 4) is 0 Å². The molecule has 2 atom stereocenters. The van der Waals surface area contributed by atoms with E-state index in [2.05, 4.69) is 20.7 Å². The second kappa shape index (κ2) is 6.51. The van der Waals surface area contributed by atoms with Crippen molar-refractivity contribution in [1.29, 1.82) is 0 Å². The first-order chi connectivity index (χ1) is 12.1. The third kappa shape index (κ3) is 3.02. The summed E-state index contributed by atoms with van der Waals surface area (Å²) in [6.07, 6.45) is 3.59. The SMILES string of the molecule is O=C(O)c1ccncc1NC1NN(C2CCOC2)c2ccc(Cl)cc21. The van der Waals surface area contributed by atoms with Crippen LogP contribution in [0.2, 0.25) is 5.02 Å². The van der Waals surface area contributed by atoms with Crippen molar-refractivity contribution >= 4 is 28.9 Å². The standard InChI is InChI=1S/C17H17ClN4O3/c18-10-1-2-15-13(7-10)16(21-22(15)11-4-6-25-9-11)20-14-8-19-5-3-12(14)17(23)24/h1-3,5,7-8,11,16,20-21H,4,6,9H2,(H,23,24). The molecule has 7 nitrogen and oxygen atoms in total. The van der Waals surface area contributed by atoms with Crippen LogP contribution < -0.4 is 15.8 Å². The van der Waals surface area contributed by atoms with E-state index in [0.29, 0.717) is 17.3 Å². The van der Waals surface area contributed by atoms with Gasteiger partial charge in [-0.15, -0.1) is 0 Å². The van der Waals surface area contributed by atoms with Crippen LogP contribution in [0.4, 0.5) is 11.4 Å². The second-order valence-electron chi connectivity index (χ2n) is 6.02. The van der Waals surface area contributed by atoms with Crippen LogP contribution in [-0.2, 0) is 4.74 Å². The lowest BCUT2D eigenvalue weighted by Crippen LogP contribution is -2.44. The third-order valence-electron chi connectivity index (χ3n) is 4.45. The molecule has 3 heterocycles. The molecule has 8 heteroatoms. The van der Waals surface area contributed by atoms with Crippen LogP contribution >= 0.6 is 11.6 Å². The van der Waals surface area contributed by atoms with Crippen molar-refractivity contribution in [3.05, 3.63) is 52.8 Å². The lowest BCUT2D eigenvalue weighted by atomic mass is 10.1. The maximum absolute atomic E-state index is 11.4. The maximum Gasteiger partial charge on any atom is 0.337 e. The van der Waals surface area contributed by atoms with E-state index < -0.39 is 5.97 Å². The predicted octanol–water partition coefficient (Wildman–Crippen LogP) is 2.66. The number of nitrogens with one attached hydrogen (secondary N) is 2. The van der Waals surface area contributed by atoms with Gasteiger partial charge in [-0.25, -0.2) is 10.2 Å². The fraction of sp³-hybridized carbons (Fsp3) is 0.294. The molecule has 1 aromatic heterocycles. The lowest BCUT2D eigenvalue weighted by Gasteiger charge is -2.27. The predicted molar refractivity (Wildman–Crippen MR) is 93.9 cm³/mol. The minimum absolute atomic E-state index is 0.169. The molecule has 1 fully saturated rings. The maximum atomic E-state index is 11.4. The average molecular weight is 361 g/mol. The zero-order valence-corrected chi connectivity index (χ0v) is 14.0. The summed E-state index contributed by atoms with van der Waals surface area (Å²) in [6, 6.07) is 7.39. The monoisotopic (exact) mass is 360 g/mol. The first-order valence-corrected chi connectivity index (χ1v) is 8.38. The Hall–Kier alpha value is -2.35. The van der Waals surface area contributed by atoms with Crippen LogP contribution in [0.5, 0.6) is 0 Å². The van der Waals surface area contributed by atoms with E-state index in [0.717, 1.165) is 24.3 Å². The number of benzene rings is 1. The van der Waals surface area contributed by atoms with E-state index in [9.17, 15) is 9.90 Å². The van der Waals surface area contributed by atoms with Crippen LogP contribution in [0, 0.1) is 0 Å². The number of fused-ring (bicyclic) bond motifs is 1. The molecule has 0 saturated carbocycles. The van der Waals surface area contributed by atoms with E-state index in [1.54, 1.807) is 0 Å².